The molecule has 356 valence electrons. The SMILES string of the molecule is CCCCCCCCCCCCCC(=O)OC[C@H](O)COP(=O)(O)OC[C@@H](COC(=O)CCCCCCCCCCCCC)OC(=O)CCCCCCCCCCCCC. The molecule has 0 saturated carbocycles. The lowest BCUT2D eigenvalue weighted by Crippen LogP contribution is -2.30. The molecule has 0 aromatic carbocycles. The summed E-state index contributed by atoms with van der Waals surface area (Å²) in [4.78, 5) is 47.7. The molecule has 12 heteroatoms. The van der Waals surface area contributed by atoms with E-state index in [1.165, 1.54) is 135 Å². The first kappa shape index (κ1) is 58.5. The van der Waals surface area contributed by atoms with Crippen LogP contribution in [0.2, 0.25) is 0 Å². The first-order valence-corrected chi connectivity index (χ1v) is 26.4. The minimum absolute atomic E-state index is 0.178. The number of esters is 3. The molecule has 60 heavy (non-hydrogen) atoms. The Morgan fingerprint density at radius 1 is 0.400 bits per heavy atom. The Balaban J connectivity index is 4.57. The van der Waals surface area contributed by atoms with Crippen molar-refractivity contribution in [1.82, 2.24) is 0 Å². The molecule has 0 aliphatic carbocycles. The number of aliphatic hydroxyl groups is 1. The molecule has 0 rings (SSSR count). The van der Waals surface area contributed by atoms with E-state index in [4.69, 9.17) is 23.3 Å². The standard InChI is InChI=1S/C48H93O11P/c1-4-7-10-13-16-19-22-25-28-31-34-37-46(50)55-40-44(49)41-57-60(53,54)58-43-45(59-48(52)39-36-33-30-27-24-21-18-15-12-9-6-3)42-56-47(51)38-35-32-29-26-23-20-17-14-11-8-5-2/h44-45,49H,4-43H2,1-3H3,(H,53,54)/t44-,45+/m0/s1. The highest BCUT2D eigenvalue weighted by Crippen LogP contribution is 2.43. The predicted molar refractivity (Wildman–Crippen MR) is 243 cm³/mol. The Morgan fingerprint density at radius 2 is 0.683 bits per heavy atom. The fourth-order valence-electron chi connectivity index (χ4n) is 7.12. The average molecular weight is 877 g/mol. The van der Waals surface area contributed by atoms with Crippen LogP contribution in [0.25, 0.3) is 0 Å². The molecule has 11 nitrogen and oxygen atoms in total. The Bertz CT molecular complexity index is 1030. The van der Waals surface area contributed by atoms with E-state index in [9.17, 15) is 28.9 Å². The minimum atomic E-state index is -4.70. The number of hydrogen-bond acceptors (Lipinski definition) is 10. The summed E-state index contributed by atoms with van der Waals surface area (Å²) < 4.78 is 38.8. The molecule has 0 saturated heterocycles. The van der Waals surface area contributed by atoms with Gasteiger partial charge in [-0.1, -0.05) is 213 Å². The number of hydrogen-bond donors (Lipinski definition) is 2. The summed E-state index contributed by atoms with van der Waals surface area (Å²) in [5.41, 5.74) is 0. The van der Waals surface area contributed by atoms with Gasteiger partial charge in [-0.15, -0.1) is 0 Å². The van der Waals surface area contributed by atoms with Gasteiger partial charge in [-0.2, -0.15) is 0 Å². The number of phosphoric acid groups is 1. The molecule has 0 bridgehead atoms. The van der Waals surface area contributed by atoms with Crippen LogP contribution in [-0.2, 0) is 42.2 Å². The summed E-state index contributed by atoms with van der Waals surface area (Å²) in [6.45, 7) is 4.81. The van der Waals surface area contributed by atoms with E-state index in [2.05, 4.69) is 20.8 Å². The monoisotopic (exact) mass is 877 g/mol. The summed E-state index contributed by atoms with van der Waals surface area (Å²) in [5.74, 6) is -1.37. The van der Waals surface area contributed by atoms with Crippen LogP contribution in [0, 0.1) is 0 Å². The lowest BCUT2D eigenvalue weighted by atomic mass is 10.1. The number of aliphatic hydroxyl groups excluding tert-OH is 1. The van der Waals surface area contributed by atoms with Crippen molar-refractivity contribution in [1.29, 1.82) is 0 Å². The van der Waals surface area contributed by atoms with Crippen molar-refractivity contribution in [2.75, 3.05) is 26.4 Å². The normalized spacial score (nSPS) is 13.5. The van der Waals surface area contributed by atoms with Crippen LogP contribution in [-0.4, -0.2) is 66.5 Å². The molecule has 2 N–H and O–H groups in total. The lowest BCUT2D eigenvalue weighted by Gasteiger charge is -2.20. The molecular formula is C48H93O11P. The molecule has 0 aliphatic rings. The molecule has 0 fully saturated rings. The maximum Gasteiger partial charge on any atom is 0.472 e. The molecule has 0 aromatic rings. The zero-order valence-corrected chi connectivity index (χ0v) is 39.8. The van der Waals surface area contributed by atoms with E-state index in [0.717, 1.165) is 57.8 Å². The fourth-order valence-corrected chi connectivity index (χ4v) is 7.91. The summed E-state index contributed by atoms with van der Waals surface area (Å²) >= 11 is 0. The van der Waals surface area contributed by atoms with E-state index in [1.54, 1.807) is 0 Å². The van der Waals surface area contributed by atoms with Crippen molar-refractivity contribution >= 4 is 25.7 Å². The Labute approximate surface area is 367 Å². The van der Waals surface area contributed by atoms with Gasteiger partial charge in [-0.25, -0.2) is 4.57 Å². The van der Waals surface area contributed by atoms with Crippen molar-refractivity contribution in [3.8, 4) is 0 Å². The summed E-state index contributed by atoms with van der Waals surface area (Å²) in [5, 5.41) is 10.2. The molecule has 0 heterocycles. The van der Waals surface area contributed by atoms with Crippen LogP contribution in [0.1, 0.15) is 252 Å². The summed E-state index contributed by atoms with van der Waals surface area (Å²) in [7, 11) is -4.70. The third kappa shape index (κ3) is 43.1. The Morgan fingerprint density at radius 3 is 1.03 bits per heavy atom. The van der Waals surface area contributed by atoms with Gasteiger partial charge in [0.1, 0.15) is 19.3 Å². The minimum Gasteiger partial charge on any atom is -0.463 e. The van der Waals surface area contributed by atoms with E-state index in [0.29, 0.717) is 19.3 Å². The number of carbonyl (C=O) groups is 3. The largest absolute Gasteiger partial charge is 0.472 e. The van der Waals surface area contributed by atoms with Crippen molar-refractivity contribution in [2.24, 2.45) is 0 Å². The van der Waals surface area contributed by atoms with Gasteiger partial charge in [0, 0.05) is 19.3 Å². The molecule has 0 spiro atoms. The maximum atomic E-state index is 12.7. The van der Waals surface area contributed by atoms with Crippen LogP contribution in [0.15, 0.2) is 0 Å². The highest BCUT2D eigenvalue weighted by atomic mass is 31.2. The number of unbranched alkanes of at least 4 members (excludes halogenated alkanes) is 30. The van der Waals surface area contributed by atoms with E-state index < -0.39 is 51.2 Å². The van der Waals surface area contributed by atoms with Crippen molar-refractivity contribution in [2.45, 2.75) is 264 Å². The molecule has 0 aromatic heterocycles. The lowest BCUT2D eigenvalue weighted by molar-refractivity contribution is -0.161. The smallest absolute Gasteiger partial charge is 0.463 e. The second kappa shape index (κ2) is 44.1. The first-order chi connectivity index (χ1) is 29.1. The molecule has 0 aliphatic heterocycles. The van der Waals surface area contributed by atoms with Gasteiger partial charge in [0.2, 0.25) is 0 Å². The molecule has 3 atom stereocenters. The van der Waals surface area contributed by atoms with Crippen molar-refractivity contribution < 1.29 is 52.2 Å². The van der Waals surface area contributed by atoms with Crippen LogP contribution < -0.4 is 0 Å². The van der Waals surface area contributed by atoms with E-state index >= 15 is 0 Å². The Hall–Kier alpha value is -1.52. The zero-order chi connectivity index (χ0) is 44.2. The second-order valence-corrected chi connectivity index (χ2v) is 18.5. The predicted octanol–water partition coefficient (Wildman–Crippen LogP) is 13.6. The second-order valence-electron chi connectivity index (χ2n) is 17.0. The van der Waals surface area contributed by atoms with Gasteiger partial charge in [0.05, 0.1) is 13.2 Å². The van der Waals surface area contributed by atoms with E-state index in [1.807, 2.05) is 0 Å². The quantitative estimate of drug-likeness (QED) is 0.0260. The van der Waals surface area contributed by atoms with Crippen molar-refractivity contribution in [3.63, 3.8) is 0 Å². The van der Waals surface area contributed by atoms with Crippen molar-refractivity contribution in [3.05, 3.63) is 0 Å². The topological polar surface area (TPSA) is 155 Å². The van der Waals surface area contributed by atoms with Gasteiger partial charge in [0.15, 0.2) is 6.10 Å². The summed E-state index contributed by atoms with van der Waals surface area (Å²) in [6, 6.07) is 0. The van der Waals surface area contributed by atoms with Crippen LogP contribution in [0.5, 0.6) is 0 Å². The molecule has 0 amide bonds. The number of ether oxygens (including phenoxy) is 3. The van der Waals surface area contributed by atoms with Gasteiger partial charge >= 0.3 is 25.7 Å². The van der Waals surface area contributed by atoms with Gasteiger partial charge in [-0.3, -0.25) is 23.4 Å². The van der Waals surface area contributed by atoms with Crippen LogP contribution in [0.4, 0.5) is 0 Å². The maximum absolute atomic E-state index is 12.7. The van der Waals surface area contributed by atoms with Gasteiger partial charge in [-0.05, 0) is 19.3 Å². The third-order valence-corrected chi connectivity index (χ3v) is 11.9. The highest BCUT2D eigenvalue weighted by Gasteiger charge is 2.27. The zero-order valence-electron chi connectivity index (χ0n) is 39.0. The molecule has 0 radical (unpaired) electrons. The van der Waals surface area contributed by atoms with Gasteiger partial charge in [0.25, 0.3) is 0 Å². The first-order valence-electron chi connectivity index (χ1n) is 24.9. The van der Waals surface area contributed by atoms with E-state index in [-0.39, 0.29) is 32.5 Å². The molecule has 1 unspecified atom stereocenters. The fraction of sp³-hybridized carbons (Fsp3) is 0.938. The molecular weight excluding hydrogens is 783 g/mol. The van der Waals surface area contributed by atoms with Crippen LogP contribution in [0.3, 0.4) is 0 Å². The van der Waals surface area contributed by atoms with Gasteiger partial charge < -0.3 is 24.2 Å². The highest BCUT2D eigenvalue weighted by molar-refractivity contribution is 7.47. The number of carbonyl (C=O) groups excluding carboxylic acids is 3. The number of phosphoric ester groups is 1. The number of rotatable bonds is 47. The van der Waals surface area contributed by atoms with Crippen LogP contribution >= 0.6 is 7.82 Å². The Kier molecular flexibility index (Phi) is 43.0. The average Bonchev–Trinajstić information content (AvgIpc) is 3.23. The summed E-state index contributed by atoms with van der Waals surface area (Å²) in [6.07, 6.45) is 36.5. The third-order valence-electron chi connectivity index (χ3n) is 11.0.